The summed E-state index contributed by atoms with van der Waals surface area (Å²) in [6.45, 7) is 1.49. The van der Waals surface area contributed by atoms with Crippen LogP contribution in [0.15, 0.2) is 35.8 Å². The van der Waals surface area contributed by atoms with Gasteiger partial charge in [-0.05, 0) is 18.9 Å². The average Bonchev–Trinajstić information content (AvgIpc) is 3.27. The van der Waals surface area contributed by atoms with Crippen LogP contribution in [0.5, 0.6) is 0 Å². The van der Waals surface area contributed by atoms with E-state index in [1.807, 2.05) is 35.8 Å². The molecule has 0 bridgehead atoms. The molecule has 7 heteroatoms. The number of hydrogen-bond acceptors (Lipinski definition) is 4. The number of benzene rings is 1. The van der Waals surface area contributed by atoms with Crippen molar-refractivity contribution in [3.63, 3.8) is 0 Å². The van der Waals surface area contributed by atoms with Gasteiger partial charge in [-0.15, -0.1) is 11.3 Å². The highest BCUT2D eigenvalue weighted by Crippen LogP contribution is 2.30. The Morgan fingerprint density at radius 3 is 2.96 bits per heavy atom. The Hall–Kier alpha value is -2.18. The van der Waals surface area contributed by atoms with Crippen LogP contribution in [0.25, 0.3) is 10.6 Å². The molecule has 0 radical (unpaired) electrons. The number of carbonyl (C=O) groups excluding carboxylic acids is 1. The van der Waals surface area contributed by atoms with Crippen molar-refractivity contribution in [3.8, 4) is 10.6 Å². The number of nitrogens with zero attached hydrogens (tertiary/aromatic N) is 3. The first-order valence-electron chi connectivity index (χ1n) is 8.70. The third-order valence-electron chi connectivity index (χ3n) is 4.42. The summed E-state index contributed by atoms with van der Waals surface area (Å²) in [6.07, 6.45) is 5.73. The van der Waals surface area contributed by atoms with E-state index in [1.54, 1.807) is 0 Å². The van der Waals surface area contributed by atoms with Gasteiger partial charge in [0, 0.05) is 30.1 Å². The van der Waals surface area contributed by atoms with Crippen molar-refractivity contribution in [1.29, 1.82) is 0 Å². The standard InChI is InChI=1S/C19H19ClN4OS/c20-16-6-2-1-5-15(16)19-23-13(12-26-19)9-18(25)21-10-14-11-24-8-4-3-7-17(24)22-14/h1-2,5-6,11-12H,3-4,7-10H2,(H,21,25). The molecule has 134 valence electrons. The number of carbonyl (C=O) groups is 1. The Morgan fingerprint density at radius 1 is 1.23 bits per heavy atom. The van der Waals surface area contributed by atoms with Gasteiger partial charge < -0.3 is 9.88 Å². The Labute approximate surface area is 161 Å². The van der Waals surface area contributed by atoms with Crippen molar-refractivity contribution >= 4 is 28.8 Å². The van der Waals surface area contributed by atoms with Gasteiger partial charge in [0.05, 0.1) is 29.4 Å². The van der Waals surface area contributed by atoms with Crippen molar-refractivity contribution in [2.75, 3.05) is 0 Å². The Balaban J connectivity index is 1.35. The van der Waals surface area contributed by atoms with Crippen LogP contribution >= 0.6 is 22.9 Å². The molecule has 5 nitrogen and oxygen atoms in total. The minimum Gasteiger partial charge on any atom is -0.350 e. The monoisotopic (exact) mass is 386 g/mol. The predicted molar refractivity (Wildman–Crippen MR) is 103 cm³/mol. The van der Waals surface area contributed by atoms with Gasteiger partial charge in [0.15, 0.2) is 0 Å². The molecule has 26 heavy (non-hydrogen) atoms. The van der Waals surface area contributed by atoms with E-state index in [0.717, 1.165) is 40.7 Å². The molecule has 1 aliphatic heterocycles. The van der Waals surface area contributed by atoms with Gasteiger partial charge in [-0.3, -0.25) is 4.79 Å². The van der Waals surface area contributed by atoms with Crippen molar-refractivity contribution in [2.24, 2.45) is 0 Å². The molecule has 4 rings (SSSR count). The molecular weight excluding hydrogens is 368 g/mol. The van der Waals surface area contributed by atoms with Crippen LogP contribution in [0.3, 0.4) is 0 Å². The van der Waals surface area contributed by atoms with Gasteiger partial charge in [0.25, 0.3) is 0 Å². The molecule has 0 aliphatic carbocycles. The SMILES string of the molecule is O=C(Cc1csc(-c2ccccc2Cl)n1)NCc1cn2c(n1)CCCC2. The summed E-state index contributed by atoms with van der Waals surface area (Å²) in [5, 5.41) is 6.35. The maximum Gasteiger partial charge on any atom is 0.226 e. The highest BCUT2D eigenvalue weighted by molar-refractivity contribution is 7.13. The van der Waals surface area contributed by atoms with Crippen LogP contribution < -0.4 is 5.32 Å². The molecule has 1 aromatic carbocycles. The number of imidazole rings is 1. The second-order valence-corrected chi connectivity index (χ2v) is 7.64. The van der Waals surface area contributed by atoms with Gasteiger partial charge in [0.1, 0.15) is 10.8 Å². The number of fused-ring (bicyclic) bond motifs is 1. The molecule has 2 aromatic heterocycles. The van der Waals surface area contributed by atoms with Crippen molar-refractivity contribution in [1.82, 2.24) is 19.9 Å². The number of nitrogens with one attached hydrogen (secondary N) is 1. The fourth-order valence-corrected chi connectivity index (χ4v) is 4.26. The second-order valence-electron chi connectivity index (χ2n) is 6.38. The summed E-state index contributed by atoms with van der Waals surface area (Å²) in [6, 6.07) is 7.60. The summed E-state index contributed by atoms with van der Waals surface area (Å²) in [7, 11) is 0. The molecule has 0 fully saturated rings. The minimum absolute atomic E-state index is 0.0491. The van der Waals surface area contributed by atoms with Crippen molar-refractivity contribution < 1.29 is 4.79 Å². The molecule has 1 N–H and O–H groups in total. The summed E-state index contributed by atoms with van der Waals surface area (Å²) < 4.78 is 2.20. The van der Waals surface area contributed by atoms with Gasteiger partial charge in [-0.25, -0.2) is 9.97 Å². The maximum absolute atomic E-state index is 12.2. The number of aryl methyl sites for hydroxylation is 2. The molecule has 0 unspecified atom stereocenters. The number of halogens is 1. The minimum atomic E-state index is -0.0491. The molecular formula is C19H19ClN4OS. The molecule has 0 spiro atoms. The van der Waals surface area contributed by atoms with Crippen molar-refractivity contribution in [2.45, 2.75) is 38.8 Å². The average molecular weight is 387 g/mol. The first-order valence-corrected chi connectivity index (χ1v) is 9.96. The van der Waals surface area contributed by atoms with Gasteiger partial charge in [0.2, 0.25) is 5.91 Å². The van der Waals surface area contributed by atoms with Gasteiger partial charge in [-0.1, -0.05) is 29.8 Å². The Morgan fingerprint density at radius 2 is 2.12 bits per heavy atom. The predicted octanol–water partition coefficient (Wildman–Crippen LogP) is 3.86. The lowest BCUT2D eigenvalue weighted by atomic mass is 10.2. The number of aromatic nitrogens is 3. The number of rotatable bonds is 5. The lowest BCUT2D eigenvalue weighted by Crippen LogP contribution is -2.24. The fourth-order valence-electron chi connectivity index (χ4n) is 3.12. The second kappa shape index (κ2) is 7.60. The van der Waals surface area contributed by atoms with Crippen LogP contribution in [0.2, 0.25) is 5.02 Å². The number of amides is 1. The van der Waals surface area contributed by atoms with E-state index >= 15 is 0 Å². The Bertz CT molecular complexity index is 910. The van der Waals surface area contributed by atoms with Crippen LogP contribution in [0, 0.1) is 0 Å². The lowest BCUT2D eigenvalue weighted by molar-refractivity contribution is -0.120. The summed E-state index contributed by atoms with van der Waals surface area (Å²) in [5.74, 6) is 1.08. The van der Waals surface area contributed by atoms with E-state index in [9.17, 15) is 4.79 Å². The maximum atomic E-state index is 12.2. The fraction of sp³-hybridized carbons (Fsp3) is 0.316. The zero-order valence-corrected chi connectivity index (χ0v) is 15.8. The molecule has 1 aliphatic rings. The number of thiazole rings is 1. The third kappa shape index (κ3) is 3.81. The van der Waals surface area contributed by atoms with Crippen LogP contribution in [0.4, 0.5) is 0 Å². The number of hydrogen-bond donors (Lipinski definition) is 1. The summed E-state index contributed by atoms with van der Waals surface area (Å²) in [4.78, 5) is 21.4. The highest BCUT2D eigenvalue weighted by atomic mass is 35.5. The van der Waals surface area contributed by atoms with Crippen LogP contribution in [-0.2, 0) is 30.7 Å². The zero-order chi connectivity index (χ0) is 17.9. The van der Waals surface area contributed by atoms with E-state index < -0.39 is 0 Å². The summed E-state index contributed by atoms with van der Waals surface area (Å²) >= 11 is 7.71. The van der Waals surface area contributed by atoms with Gasteiger partial charge >= 0.3 is 0 Å². The van der Waals surface area contributed by atoms with E-state index in [1.165, 1.54) is 24.2 Å². The van der Waals surface area contributed by atoms with Gasteiger partial charge in [-0.2, -0.15) is 0 Å². The smallest absolute Gasteiger partial charge is 0.226 e. The van der Waals surface area contributed by atoms with Crippen LogP contribution in [0.1, 0.15) is 30.1 Å². The molecule has 3 heterocycles. The first kappa shape index (κ1) is 17.2. The zero-order valence-electron chi connectivity index (χ0n) is 14.2. The lowest BCUT2D eigenvalue weighted by Gasteiger charge is -2.11. The molecule has 0 saturated heterocycles. The molecule has 3 aromatic rings. The topological polar surface area (TPSA) is 59.8 Å². The molecule has 1 amide bonds. The Kier molecular flexibility index (Phi) is 5.04. The first-order chi connectivity index (χ1) is 12.7. The van der Waals surface area contributed by atoms with Crippen LogP contribution in [-0.4, -0.2) is 20.4 Å². The van der Waals surface area contributed by atoms with E-state index in [0.29, 0.717) is 11.6 Å². The van der Waals surface area contributed by atoms with E-state index in [-0.39, 0.29) is 12.3 Å². The molecule has 0 atom stereocenters. The highest BCUT2D eigenvalue weighted by Gasteiger charge is 2.14. The normalized spacial score (nSPS) is 13.4. The van der Waals surface area contributed by atoms with E-state index in [2.05, 4.69) is 19.9 Å². The third-order valence-corrected chi connectivity index (χ3v) is 5.68. The molecule has 0 saturated carbocycles. The summed E-state index contributed by atoms with van der Waals surface area (Å²) in [5.41, 5.74) is 2.58. The quantitative estimate of drug-likeness (QED) is 0.724. The van der Waals surface area contributed by atoms with Crippen molar-refractivity contribution in [3.05, 3.63) is 58.1 Å². The van der Waals surface area contributed by atoms with E-state index in [4.69, 9.17) is 11.6 Å². The largest absolute Gasteiger partial charge is 0.350 e.